The Hall–Kier alpha value is -2.99. The van der Waals surface area contributed by atoms with Crippen molar-refractivity contribution in [3.63, 3.8) is 0 Å². The van der Waals surface area contributed by atoms with Crippen LogP contribution in [0.25, 0.3) is 0 Å². The molecule has 0 bridgehead atoms. The summed E-state index contributed by atoms with van der Waals surface area (Å²) < 4.78 is 38.6. The van der Waals surface area contributed by atoms with E-state index >= 15 is 0 Å². The SMILES string of the molecule is Cc1cc(NCCc2ccc(CC(C)O)cc2)ccc1NCC(C)(C)c1ccc(C(F)(F)F)cc1. The standard InChI is InChI=1S/C29H35F3N2O/c1-20-17-26(33-16-15-22-5-7-23(8-6-22)18-21(2)35)13-14-27(20)34-19-28(3,4)24-9-11-25(12-10-24)29(30,31)32/h5-14,17,21,33-35H,15-16,18-19H2,1-4H3. The Morgan fingerprint density at radius 2 is 1.43 bits per heavy atom. The molecule has 3 aromatic rings. The number of hydrogen-bond acceptors (Lipinski definition) is 3. The molecule has 0 aromatic heterocycles. The molecule has 35 heavy (non-hydrogen) atoms. The van der Waals surface area contributed by atoms with Gasteiger partial charge < -0.3 is 15.7 Å². The smallest absolute Gasteiger partial charge is 0.393 e. The van der Waals surface area contributed by atoms with Crippen LogP contribution < -0.4 is 10.6 Å². The summed E-state index contributed by atoms with van der Waals surface area (Å²) in [4.78, 5) is 0. The van der Waals surface area contributed by atoms with Gasteiger partial charge in [-0.05, 0) is 79.3 Å². The van der Waals surface area contributed by atoms with Crippen LogP contribution >= 0.6 is 0 Å². The molecular weight excluding hydrogens is 449 g/mol. The number of aryl methyl sites for hydroxylation is 1. The molecule has 0 amide bonds. The molecule has 1 unspecified atom stereocenters. The van der Waals surface area contributed by atoms with E-state index in [1.165, 1.54) is 5.56 Å². The second kappa shape index (κ2) is 11.2. The molecule has 0 saturated carbocycles. The zero-order valence-corrected chi connectivity index (χ0v) is 20.8. The highest BCUT2D eigenvalue weighted by Crippen LogP contribution is 2.32. The third-order valence-corrected chi connectivity index (χ3v) is 6.24. The number of anilines is 2. The molecule has 3 N–H and O–H groups in total. The van der Waals surface area contributed by atoms with Crippen molar-refractivity contribution in [3.8, 4) is 0 Å². The molecule has 188 valence electrons. The highest BCUT2D eigenvalue weighted by molar-refractivity contribution is 5.59. The Bertz CT molecular complexity index is 1090. The number of alkyl halides is 3. The predicted molar refractivity (Wildman–Crippen MR) is 138 cm³/mol. The van der Waals surface area contributed by atoms with E-state index in [2.05, 4.69) is 41.0 Å². The van der Waals surface area contributed by atoms with Gasteiger partial charge in [0.15, 0.2) is 0 Å². The van der Waals surface area contributed by atoms with E-state index in [-0.39, 0.29) is 11.5 Å². The van der Waals surface area contributed by atoms with Crippen LogP contribution in [0, 0.1) is 6.92 Å². The lowest BCUT2D eigenvalue weighted by Gasteiger charge is -2.27. The first-order chi connectivity index (χ1) is 16.4. The number of aliphatic hydroxyl groups is 1. The molecule has 0 aliphatic rings. The van der Waals surface area contributed by atoms with Gasteiger partial charge in [0.25, 0.3) is 0 Å². The Labute approximate surface area is 206 Å². The third-order valence-electron chi connectivity index (χ3n) is 6.24. The molecule has 0 aliphatic carbocycles. The quantitative estimate of drug-likeness (QED) is 0.291. The predicted octanol–water partition coefficient (Wildman–Crippen LogP) is 6.98. The second-order valence-corrected chi connectivity index (χ2v) is 9.89. The summed E-state index contributed by atoms with van der Waals surface area (Å²) in [5, 5.41) is 16.4. The highest BCUT2D eigenvalue weighted by atomic mass is 19.4. The minimum absolute atomic E-state index is 0.334. The van der Waals surface area contributed by atoms with Gasteiger partial charge in [0.2, 0.25) is 0 Å². The maximum atomic E-state index is 12.9. The topological polar surface area (TPSA) is 44.3 Å². The van der Waals surface area contributed by atoms with Crippen LogP contribution in [0.15, 0.2) is 66.7 Å². The van der Waals surface area contributed by atoms with E-state index in [1.54, 1.807) is 19.1 Å². The molecule has 0 radical (unpaired) electrons. The van der Waals surface area contributed by atoms with Crippen molar-refractivity contribution >= 4 is 11.4 Å². The number of hydrogen-bond donors (Lipinski definition) is 3. The molecule has 0 heterocycles. The molecular formula is C29H35F3N2O. The molecule has 6 heteroatoms. The van der Waals surface area contributed by atoms with Crippen molar-refractivity contribution in [2.75, 3.05) is 23.7 Å². The van der Waals surface area contributed by atoms with E-state index in [0.717, 1.165) is 53.2 Å². The largest absolute Gasteiger partial charge is 0.416 e. The fraction of sp³-hybridized carbons (Fsp3) is 0.379. The summed E-state index contributed by atoms with van der Waals surface area (Å²) in [6.45, 7) is 9.27. The Balaban J connectivity index is 1.52. The maximum absolute atomic E-state index is 12.9. The summed E-state index contributed by atoms with van der Waals surface area (Å²) >= 11 is 0. The normalized spacial score (nSPS) is 12.9. The summed E-state index contributed by atoms with van der Waals surface area (Å²) in [7, 11) is 0. The van der Waals surface area contributed by atoms with Crippen molar-refractivity contribution in [3.05, 3.63) is 94.5 Å². The molecule has 3 aromatic carbocycles. The lowest BCUT2D eigenvalue weighted by molar-refractivity contribution is -0.137. The van der Waals surface area contributed by atoms with Crippen LogP contribution in [0.3, 0.4) is 0 Å². The van der Waals surface area contributed by atoms with E-state index in [1.807, 2.05) is 32.9 Å². The van der Waals surface area contributed by atoms with Crippen molar-refractivity contribution in [2.24, 2.45) is 0 Å². The summed E-state index contributed by atoms with van der Waals surface area (Å²) in [5.74, 6) is 0. The summed E-state index contributed by atoms with van der Waals surface area (Å²) in [5.41, 5.74) is 5.42. The molecule has 3 nitrogen and oxygen atoms in total. The molecule has 1 atom stereocenters. The fourth-order valence-corrected chi connectivity index (χ4v) is 4.03. The van der Waals surface area contributed by atoms with Gasteiger partial charge in [-0.25, -0.2) is 0 Å². The molecule has 0 aliphatic heterocycles. The Morgan fingerprint density at radius 3 is 2.00 bits per heavy atom. The van der Waals surface area contributed by atoms with E-state index in [0.29, 0.717) is 13.0 Å². The number of halogens is 3. The van der Waals surface area contributed by atoms with E-state index in [9.17, 15) is 18.3 Å². The third kappa shape index (κ3) is 7.76. The first-order valence-corrected chi connectivity index (χ1v) is 12.0. The summed E-state index contributed by atoms with van der Waals surface area (Å²) in [6, 6.07) is 19.9. The monoisotopic (exact) mass is 484 g/mol. The van der Waals surface area contributed by atoms with Crippen molar-refractivity contribution in [1.29, 1.82) is 0 Å². The van der Waals surface area contributed by atoms with Crippen LogP contribution in [0.5, 0.6) is 0 Å². The zero-order valence-electron chi connectivity index (χ0n) is 20.8. The van der Waals surface area contributed by atoms with Crippen LogP contribution in [0.2, 0.25) is 0 Å². The minimum Gasteiger partial charge on any atom is -0.393 e. The van der Waals surface area contributed by atoms with E-state index in [4.69, 9.17) is 0 Å². The number of aliphatic hydroxyl groups excluding tert-OH is 1. The van der Waals surface area contributed by atoms with Gasteiger partial charge in [-0.1, -0.05) is 50.2 Å². The van der Waals surface area contributed by atoms with Gasteiger partial charge >= 0.3 is 6.18 Å². The van der Waals surface area contributed by atoms with Gasteiger partial charge in [-0.2, -0.15) is 13.2 Å². The molecule has 0 saturated heterocycles. The van der Waals surface area contributed by atoms with Crippen LogP contribution in [0.1, 0.15) is 48.6 Å². The average Bonchev–Trinajstić information content (AvgIpc) is 2.79. The highest BCUT2D eigenvalue weighted by Gasteiger charge is 2.31. The van der Waals surface area contributed by atoms with Crippen LogP contribution in [0.4, 0.5) is 24.5 Å². The maximum Gasteiger partial charge on any atom is 0.416 e. The van der Waals surface area contributed by atoms with Gasteiger partial charge in [-0.3, -0.25) is 0 Å². The number of nitrogens with one attached hydrogen (secondary N) is 2. The first-order valence-electron chi connectivity index (χ1n) is 12.0. The van der Waals surface area contributed by atoms with Gasteiger partial charge in [-0.15, -0.1) is 0 Å². The average molecular weight is 485 g/mol. The number of benzene rings is 3. The van der Waals surface area contributed by atoms with Gasteiger partial charge in [0, 0.05) is 29.9 Å². The molecule has 3 rings (SSSR count). The van der Waals surface area contributed by atoms with Crippen molar-refractivity contribution in [2.45, 2.75) is 58.2 Å². The Morgan fingerprint density at radius 1 is 0.829 bits per heavy atom. The lowest BCUT2D eigenvalue weighted by atomic mass is 9.84. The number of rotatable bonds is 10. The van der Waals surface area contributed by atoms with Crippen LogP contribution in [-0.2, 0) is 24.4 Å². The molecule has 0 fully saturated rings. The van der Waals surface area contributed by atoms with Gasteiger partial charge in [0.1, 0.15) is 0 Å². The minimum atomic E-state index is -4.32. The first kappa shape index (κ1) is 26.6. The van der Waals surface area contributed by atoms with E-state index < -0.39 is 11.7 Å². The summed E-state index contributed by atoms with van der Waals surface area (Å²) in [6.07, 6.45) is -3.09. The zero-order chi connectivity index (χ0) is 25.6. The molecule has 0 spiro atoms. The lowest BCUT2D eigenvalue weighted by Crippen LogP contribution is -2.28. The fourth-order valence-electron chi connectivity index (χ4n) is 4.03. The van der Waals surface area contributed by atoms with Gasteiger partial charge in [0.05, 0.1) is 11.7 Å². The second-order valence-electron chi connectivity index (χ2n) is 9.89. The van der Waals surface area contributed by atoms with Crippen molar-refractivity contribution < 1.29 is 18.3 Å². The van der Waals surface area contributed by atoms with Crippen LogP contribution in [-0.4, -0.2) is 24.3 Å². The Kier molecular flexibility index (Phi) is 8.49. The van der Waals surface area contributed by atoms with Crippen molar-refractivity contribution in [1.82, 2.24) is 0 Å².